The van der Waals surface area contributed by atoms with E-state index in [1.165, 1.54) is 7.11 Å². The fourth-order valence-corrected chi connectivity index (χ4v) is 4.31. The zero-order valence-electron chi connectivity index (χ0n) is 16.0. The van der Waals surface area contributed by atoms with Crippen molar-refractivity contribution in [2.24, 2.45) is 5.92 Å². The molecule has 1 aromatic rings. The lowest BCUT2D eigenvalue weighted by molar-refractivity contribution is -0.0652. The number of aromatic hydroxyl groups is 1. The molecule has 4 amide bonds. The van der Waals surface area contributed by atoms with E-state index >= 15 is 0 Å². The molecule has 2 aliphatic heterocycles. The Hall–Kier alpha value is -2.64. The maximum absolute atomic E-state index is 12.8. The van der Waals surface area contributed by atoms with E-state index in [2.05, 4.69) is 0 Å². The summed E-state index contributed by atoms with van der Waals surface area (Å²) in [5.74, 6) is 0.375. The molecule has 0 aliphatic carbocycles. The van der Waals surface area contributed by atoms with Crippen LogP contribution in [-0.2, 0) is 0 Å². The number of phenolic OH excluding ortho intramolecular Hbond substituents is 1. The van der Waals surface area contributed by atoms with Crippen LogP contribution >= 0.6 is 0 Å². The van der Waals surface area contributed by atoms with Gasteiger partial charge in [0.1, 0.15) is 6.17 Å². The Morgan fingerprint density at radius 1 is 0.962 bits per heavy atom. The summed E-state index contributed by atoms with van der Waals surface area (Å²) in [7, 11) is 8.50. The SMILES string of the molecule is COc1cc([C@H]2[C@@H]3[C@@H](N(C)C(=O)N(C)[C@H]3C)N(C)C(=O)N2C)ccc1O. The van der Waals surface area contributed by atoms with Crippen molar-refractivity contribution >= 4 is 12.1 Å². The second-order valence-electron chi connectivity index (χ2n) is 7.12. The van der Waals surface area contributed by atoms with Gasteiger partial charge in [0.25, 0.3) is 0 Å². The third-order valence-electron chi connectivity index (χ3n) is 5.84. The lowest BCUT2D eigenvalue weighted by Crippen LogP contribution is -2.71. The van der Waals surface area contributed by atoms with Gasteiger partial charge in [-0.1, -0.05) is 6.07 Å². The fourth-order valence-electron chi connectivity index (χ4n) is 4.31. The summed E-state index contributed by atoms with van der Waals surface area (Å²) in [4.78, 5) is 32.1. The highest BCUT2D eigenvalue weighted by molar-refractivity contribution is 5.80. The Kier molecular flexibility index (Phi) is 4.37. The van der Waals surface area contributed by atoms with Gasteiger partial charge in [0.2, 0.25) is 0 Å². The Bertz CT molecular complexity index is 736. The minimum atomic E-state index is -0.345. The van der Waals surface area contributed by atoms with Gasteiger partial charge in [0, 0.05) is 40.2 Å². The highest BCUT2D eigenvalue weighted by Gasteiger charge is 2.54. The summed E-state index contributed by atoms with van der Waals surface area (Å²) < 4.78 is 5.24. The van der Waals surface area contributed by atoms with Gasteiger partial charge in [0.05, 0.1) is 13.2 Å². The van der Waals surface area contributed by atoms with Gasteiger partial charge in [-0.15, -0.1) is 0 Å². The molecular weight excluding hydrogens is 336 g/mol. The van der Waals surface area contributed by atoms with Crippen molar-refractivity contribution in [1.82, 2.24) is 19.6 Å². The lowest BCUT2D eigenvalue weighted by Gasteiger charge is -2.57. The molecule has 8 nitrogen and oxygen atoms in total. The minimum Gasteiger partial charge on any atom is -0.504 e. The quantitative estimate of drug-likeness (QED) is 0.870. The van der Waals surface area contributed by atoms with Crippen molar-refractivity contribution < 1.29 is 19.4 Å². The van der Waals surface area contributed by atoms with Gasteiger partial charge < -0.3 is 29.4 Å². The normalized spacial score (nSPS) is 29.2. The number of phenols is 1. The monoisotopic (exact) mass is 362 g/mol. The smallest absolute Gasteiger partial charge is 0.321 e. The number of methoxy groups -OCH3 is 1. The van der Waals surface area contributed by atoms with Crippen molar-refractivity contribution in [2.45, 2.75) is 25.2 Å². The molecule has 3 rings (SSSR count). The topological polar surface area (TPSA) is 76.6 Å². The molecule has 1 aromatic carbocycles. The molecule has 2 heterocycles. The van der Waals surface area contributed by atoms with Gasteiger partial charge in [-0.2, -0.15) is 0 Å². The van der Waals surface area contributed by atoms with E-state index in [0.717, 1.165) is 5.56 Å². The van der Waals surface area contributed by atoms with Gasteiger partial charge in [-0.25, -0.2) is 9.59 Å². The first-order chi connectivity index (χ1) is 12.2. The molecule has 8 heteroatoms. The zero-order chi connectivity index (χ0) is 19.3. The van der Waals surface area contributed by atoms with Gasteiger partial charge in [-0.3, -0.25) is 0 Å². The van der Waals surface area contributed by atoms with Crippen LogP contribution in [0.2, 0.25) is 0 Å². The number of fused-ring (bicyclic) bond motifs is 1. The Morgan fingerprint density at radius 2 is 1.54 bits per heavy atom. The summed E-state index contributed by atoms with van der Waals surface area (Å²) in [6.45, 7) is 2.00. The van der Waals surface area contributed by atoms with E-state index in [1.807, 2.05) is 6.92 Å². The minimum absolute atomic E-state index is 0.0374. The first-order valence-electron chi connectivity index (χ1n) is 8.56. The second-order valence-corrected chi connectivity index (χ2v) is 7.12. The van der Waals surface area contributed by atoms with Crippen LogP contribution in [0.5, 0.6) is 11.5 Å². The Morgan fingerprint density at radius 3 is 2.12 bits per heavy atom. The van der Waals surface area contributed by atoms with Crippen molar-refractivity contribution in [1.29, 1.82) is 0 Å². The van der Waals surface area contributed by atoms with Crippen molar-refractivity contribution in [2.75, 3.05) is 35.3 Å². The van der Waals surface area contributed by atoms with Crippen LogP contribution in [0.4, 0.5) is 9.59 Å². The number of carbonyl (C=O) groups excluding carboxylic acids is 2. The maximum Gasteiger partial charge on any atom is 0.321 e. The molecule has 0 spiro atoms. The van der Waals surface area contributed by atoms with Gasteiger partial charge in [0.15, 0.2) is 11.5 Å². The Balaban J connectivity index is 2.13. The summed E-state index contributed by atoms with van der Waals surface area (Å²) in [6, 6.07) is 4.54. The van der Waals surface area contributed by atoms with E-state index in [4.69, 9.17) is 4.74 Å². The second kappa shape index (κ2) is 6.26. The number of urea groups is 2. The molecule has 26 heavy (non-hydrogen) atoms. The summed E-state index contributed by atoms with van der Waals surface area (Å²) in [5.41, 5.74) is 0.863. The summed E-state index contributed by atoms with van der Waals surface area (Å²) in [5, 5.41) is 9.92. The largest absolute Gasteiger partial charge is 0.504 e. The summed E-state index contributed by atoms with van der Waals surface area (Å²) in [6.07, 6.45) is -0.345. The molecule has 2 aliphatic rings. The first-order valence-corrected chi connectivity index (χ1v) is 8.56. The fraction of sp³-hybridized carbons (Fsp3) is 0.556. The van der Waals surface area contributed by atoms with E-state index in [1.54, 1.807) is 66.0 Å². The highest BCUT2D eigenvalue weighted by atomic mass is 16.5. The molecule has 0 unspecified atom stereocenters. The third kappa shape index (κ3) is 2.43. The van der Waals surface area contributed by atoms with Crippen LogP contribution in [0.25, 0.3) is 0 Å². The number of ether oxygens (including phenoxy) is 1. The van der Waals surface area contributed by atoms with Crippen LogP contribution in [0.3, 0.4) is 0 Å². The molecule has 4 atom stereocenters. The highest BCUT2D eigenvalue weighted by Crippen LogP contribution is 2.44. The van der Waals surface area contributed by atoms with Crippen LogP contribution in [-0.4, -0.2) is 84.3 Å². The molecule has 0 aromatic heterocycles. The molecule has 2 saturated heterocycles. The first kappa shape index (κ1) is 18.2. The molecule has 142 valence electrons. The average molecular weight is 362 g/mol. The molecule has 0 bridgehead atoms. The van der Waals surface area contributed by atoms with Crippen molar-refractivity contribution in [3.05, 3.63) is 23.8 Å². The third-order valence-corrected chi connectivity index (χ3v) is 5.84. The molecule has 2 fully saturated rings. The number of carbonyl (C=O) groups is 2. The van der Waals surface area contributed by atoms with Gasteiger partial charge >= 0.3 is 12.1 Å². The average Bonchev–Trinajstić information content (AvgIpc) is 2.63. The number of amides is 4. The van der Waals surface area contributed by atoms with Crippen molar-refractivity contribution in [3.8, 4) is 11.5 Å². The number of hydrogen-bond acceptors (Lipinski definition) is 4. The number of hydrogen-bond donors (Lipinski definition) is 1. The van der Waals surface area contributed by atoms with Crippen LogP contribution in [0.1, 0.15) is 18.5 Å². The predicted molar refractivity (Wildman–Crippen MR) is 96.0 cm³/mol. The van der Waals surface area contributed by atoms with Gasteiger partial charge in [-0.05, 0) is 24.6 Å². The standard InChI is InChI=1S/C18H26N4O4/c1-10-14-15(11-7-8-12(23)13(9-11)26-6)20(3)18(25)22(5)16(14)21(4)17(24)19(10)2/h7-10,14-16,23H,1-6H3/t10-,14+,15-,16-/m0/s1. The molecule has 1 N–H and O–H groups in total. The van der Waals surface area contributed by atoms with E-state index in [9.17, 15) is 14.7 Å². The van der Waals surface area contributed by atoms with Crippen molar-refractivity contribution in [3.63, 3.8) is 0 Å². The number of rotatable bonds is 2. The number of nitrogens with zero attached hydrogens (tertiary/aromatic N) is 4. The lowest BCUT2D eigenvalue weighted by atomic mass is 9.80. The number of benzene rings is 1. The zero-order valence-corrected chi connectivity index (χ0v) is 16.0. The molecular formula is C18H26N4O4. The molecule has 0 radical (unpaired) electrons. The molecule has 0 saturated carbocycles. The predicted octanol–water partition coefficient (Wildman–Crippen LogP) is 1.77. The summed E-state index contributed by atoms with van der Waals surface area (Å²) >= 11 is 0. The Labute approximate surface area is 153 Å². The van der Waals surface area contributed by atoms with E-state index < -0.39 is 0 Å². The van der Waals surface area contributed by atoms with Crippen LogP contribution in [0.15, 0.2) is 18.2 Å². The van der Waals surface area contributed by atoms with Crippen LogP contribution in [0, 0.1) is 5.92 Å². The van der Waals surface area contributed by atoms with Crippen LogP contribution < -0.4 is 4.74 Å². The van der Waals surface area contributed by atoms with E-state index in [-0.39, 0.29) is 42.0 Å². The maximum atomic E-state index is 12.8. The van der Waals surface area contributed by atoms with E-state index in [0.29, 0.717) is 5.75 Å².